The summed E-state index contributed by atoms with van der Waals surface area (Å²) in [6.45, 7) is 6.03. The van der Waals surface area contributed by atoms with E-state index in [2.05, 4.69) is 5.43 Å². The minimum atomic E-state index is -4.06. The average molecular weight is 252 g/mol. The summed E-state index contributed by atoms with van der Waals surface area (Å²) in [6.07, 6.45) is -2.12. The highest BCUT2D eigenvalue weighted by Crippen LogP contribution is 2.43. The molecule has 0 bridgehead atoms. The summed E-state index contributed by atoms with van der Waals surface area (Å²) in [4.78, 5) is 0. The van der Waals surface area contributed by atoms with Gasteiger partial charge in [0.15, 0.2) is 0 Å². The molecule has 3 N–H and O–H groups in total. The minimum absolute atomic E-state index is 0.0142. The van der Waals surface area contributed by atoms with Crippen LogP contribution in [0.1, 0.15) is 46.5 Å². The van der Waals surface area contributed by atoms with Crippen molar-refractivity contribution < 1.29 is 13.2 Å². The number of hydrogen-bond acceptors (Lipinski definition) is 2. The first-order valence-electron chi connectivity index (χ1n) is 6.19. The van der Waals surface area contributed by atoms with Gasteiger partial charge in [-0.05, 0) is 30.6 Å². The zero-order chi connectivity index (χ0) is 13.3. The van der Waals surface area contributed by atoms with Crippen molar-refractivity contribution in [1.82, 2.24) is 5.43 Å². The fraction of sp³-hybridized carbons (Fsp3) is 1.00. The second-order valence-corrected chi connectivity index (χ2v) is 6.18. The van der Waals surface area contributed by atoms with E-state index in [4.69, 9.17) is 5.84 Å². The van der Waals surface area contributed by atoms with Gasteiger partial charge in [-0.15, -0.1) is 0 Å². The molecule has 0 spiro atoms. The van der Waals surface area contributed by atoms with Crippen LogP contribution in [-0.2, 0) is 0 Å². The summed E-state index contributed by atoms with van der Waals surface area (Å²) in [5.41, 5.74) is 2.60. The van der Waals surface area contributed by atoms with Crippen LogP contribution in [0.3, 0.4) is 0 Å². The van der Waals surface area contributed by atoms with E-state index in [9.17, 15) is 13.2 Å². The Morgan fingerprint density at radius 1 is 1.18 bits per heavy atom. The lowest BCUT2D eigenvalue weighted by atomic mass is 9.70. The summed E-state index contributed by atoms with van der Waals surface area (Å²) < 4.78 is 38.2. The van der Waals surface area contributed by atoms with Crippen molar-refractivity contribution in [3.63, 3.8) is 0 Å². The molecule has 0 aromatic heterocycles. The monoisotopic (exact) mass is 252 g/mol. The second kappa shape index (κ2) is 5.14. The third-order valence-electron chi connectivity index (χ3n) is 3.76. The topological polar surface area (TPSA) is 38.0 Å². The van der Waals surface area contributed by atoms with E-state index >= 15 is 0 Å². The van der Waals surface area contributed by atoms with Gasteiger partial charge in [0.2, 0.25) is 0 Å². The maximum Gasteiger partial charge on any atom is 0.391 e. The SMILES string of the molecule is CC(C)(C)C(NN)C1CCCC(C(F)(F)F)C1. The van der Waals surface area contributed by atoms with Gasteiger partial charge in [-0.2, -0.15) is 13.2 Å². The van der Waals surface area contributed by atoms with Gasteiger partial charge in [0.05, 0.1) is 5.92 Å². The Balaban J connectivity index is 2.72. The predicted octanol–water partition coefficient (Wildman–Crippen LogP) is 3.23. The molecule has 2 nitrogen and oxygen atoms in total. The van der Waals surface area contributed by atoms with Crippen LogP contribution in [0.4, 0.5) is 13.2 Å². The van der Waals surface area contributed by atoms with Crippen molar-refractivity contribution >= 4 is 0 Å². The van der Waals surface area contributed by atoms with Crippen LogP contribution in [0.2, 0.25) is 0 Å². The molecule has 1 aliphatic carbocycles. The van der Waals surface area contributed by atoms with Gasteiger partial charge < -0.3 is 0 Å². The summed E-state index contributed by atoms with van der Waals surface area (Å²) in [7, 11) is 0. The Kier molecular flexibility index (Phi) is 4.47. The minimum Gasteiger partial charge on any atom is -0.271 e. The molecule has 1 rings (SSSR count). The van der Waals surface area contributed by atoms with Crippen molar-refractivity contribution in [1.29, 1.82) is 0 Å². The molecular formula is C12H23F3N2. The molecule has 0 saturated heterocycles. The predicted molar refractivity (Wildman–Crippen MR) is 62.1 cm³/mol. The van der Waals surface area contributed by atoms with Crippen LogP contribution in [0.15, 0.2) is 0 Å². The van der Waals surface area contributed by atoms with Gasteiger partial charge >= 0.3 is 6.18 Å². The number of hydrogen-bond donors (Lipinski definition) is 2. The van der Waals surface area contributed by atoms with Crippen molar-refractivity contribution in [2.24, 2.45) is 23.1 Å². The summed E-state index contributed by atoms with van der Waals surface area (Å²) in [5, 5.41) is 0. The molecule has 0 amide bonds. The fourth-order valence-electron chi connectivity index (χ4n) is 2.92. The van der Waals surface area contributed by atoms with Crippen LogP contribution < -0.4 is 11.3 Å². The number of nitrogens with two attached hydrogens (primary N) is 1. The highest BCUT2D eigenvalue weighted by Gasteiger charge is 2.44. The smallest absolute Gasteiger partial charge is 0.271 e. The van der Waals surface area contributed by atoms with Crippen molar-refractivity contribution in [3.05, 3.63) is 0 Å². The summed E-state index contributed by atoms with van der Waals surface area (Å²) in [6, 6.07) is -0.0624. The Morgan fingerprint density at radius 3 is 2.18 bits per heavy atom. The van der Waals surface area contributed by atoms with Crippen LogP contribution >= 0.6 is 0 Å². The first kappa shape index (κ1) is 14.8. The lowest BCUT2D eigenvalue weighted by molar-refractivity contribution is -0.187. The molecule has 1 aliphatic rings. The summed E-state index contributed by atoms with van der Waals surface area (Å²) >= 11 is 0. The molecule has 102 valence electrons. The molecule has 0 aromatic carbocycles. The van der Waals surface area contributed by atoms with E-state index < -0.39 is 12.1 Å². The van der Waals surface area contributed by atoms with Gasteiger partial charge in [0.1, 0.15) is 0 Å². The fourth-order valence-corrected chi connectivity index (χ4v) is 2.92. The zero-order valence-corrected chi connectivity index (χ0v) is 10.8. The van der Waals surface area contributed by atoms with Gasteiger partial charge in [0.25, 0.3) is 0 Å². The molecule has 1 fully saturated rings. The Labute approximate surface area is 101 Å². The highest BCUT2D eigenvalue weighted by molar-refractivity contribution is 4.90. The molecule has 3 unspecified atom stereocenters. The van der Waals surface area contributed by atoms with Gasteiger partial charge in [0, 0.05) is 6.04 Å². The normalized spacial score (nSPS) is 29.1. The van der Waals surface area contributed by atoms with Crippen LogP contribution in [0.25, 0.3) is 0 Å². The first-order valence-corrected chi connectivity index (χ1v) is 6.19. The highest BCUT2D eigenvalue weighted by atomic mass is 19.4. The van der Waals surface area contributed by atoms with Crippen molar-refractivity contribution in [2.45, 2.75) is 58.7 Å². The molecular weight excluding hydrogens is 229 g/mol. The molecule has 5 heteroatoms. The van der Waals surface area contributed by atoms with Crippen molar-refractivity contribution in [3.8, 4) is 0 Å². The van der Waals surface area contributed by atoms with E-state index in [1.165, 1.54) is 0 Å². The Morgan fingerprint density at radius 2 is 1.76 bits per heavy atom. The molecule has 0 aromatic rings. The number of hydrazine groups is 1. The lowest BCUT2D eigenvalue weighted by Crippen LogP contribution is -2.51. The lowest BCUT2D eigenvalue weighted by Gasteiger charge is -2.41. The van der Waals surface area contributed by atoms with Gasteiger partial charge in [-0.3, -0.25) is 11.3 Å². The van der Waals surface area contributed by atoms with E-state index in [1.807, 2.05) is 20.8 Å². The number of nitrogens with one attached hydrogen (secondary N) is 1. The average Bonchev–Trinajstić information content (AvgIpc) is 2.15. The first-order chi connectivity index (χ1) is 7.66. The number of alkyl halides is 3. The van der Waals surface area contributed by atoms with E-state index in [0.717, 1.165) is 6.42 Å². The quantitative estimate of drug-likeness (QED) is 0.585. The number of halogens is 3. The van der Waals surface area contributed by atoms with Crippen LogP contribution in [-0.4, -0.2) is 12.2 Å². The largest absolute Gasteiger partial charge is 0.391 e. The third kappa shape index (κ3) is 3.85. The molecule has 0 heterocycles. The summed E-state index contributed by atoms with van der Waals surface area (Å²) in [5.74, 6) is 4.37. The second-order valence-electron chi connectivity index (χ2n) is 6.18. The number of rotatable bonds is 2. The van der Waals surface area contributed by atoms with Crippen molar-refractivity contribution in [2.75, 3.05) is 0 Å². The molecule has 3 atom stereocenters. The van der Waals surface area contributed by atoms with Gasteiger partial charge in [-0.1, -0.05) is 27.2 Å². The molecule has 0 radical (unpaired) electrons. The molecule has 0 aliphatic heterocycles. The molecule has 1 saturated carbocycles. The maximum atomic E-state index is 12.7. The molecule has 17 heavy (non-hydrogen) atoms. The standard InChI is InChI=1S/C12H23F3N2/c1-11(2,3)10(17-16)8-5-4-6-9(7-8)12(13,14)15/h8-10,17H,4-7,16H2,1-3H3. The third-order valence-corrected chi connectivity index (χ3v) is 3.76. The Bertz CT molecular complexity index is 245. The van der Waals surface area contributed by atoms with Crippen LogP contribution in [0.5, 0.6) is 0 Å². The van der Waals surface area contributed by atoms with Crippen LogP contribution in [0, 0.1) is 17.3 Å². The Hall–Kier alpha value is -0.290. The van der Waals surface area contributed by atoms with E-state index in [0.29, 0.717) is 6.42 Å². The zero-order valence-electron chi connectivity index (χ0n) is 10.8. The van der Waals surface area contributed by atoms with E-state index in [-0.39, 0.29) is 30.2 Å². The maximum absolute atomic E-state index is 12.7. The van der Waals surface area contributed by atoms with Gasteiger partial charge in [-0.25, -0.2) is 0 Å². The van der Waals surface area contributed by atoms with E-state index in [1.54, 1.807) is 0 Å².